The van der Waals surface area contributed by atoms with E-state index < -0.39 is 21.4 Å². The Bertz CT molecular complexity index is 508. The molecule has 0 radical (unpaired) electrons. The largest absolute Gasteiger partial charge is 0.497 e. The average molecular weight is 243 g/mol. The van der Waals surface area contributed by atoms with Crippen molar-refractivity contribution in [2.75, 3.05) is 24.9 Å². The minimum atomic E-state index is -3.34. The lowest BCUT2D eigenvalue weighted by atomic mass is 10.1. The lowest BCUT2D eigenvalue weighted by Crippen LogP contribution is -2.16. The molecule has 2 N–H and O–H groups in total. The van der Waals surface area contributed by atoms with Gasteiger partial charge in [-0.2, -0.15) is 0 Å². The molecule has 0 saturated heterocycles. The first-order valence-electron chi connectivity index (χ1n) is 4.48. The molecule has 0 bridgehead atoms. The zero-order valence-corrected chi connectivity index (χ0v) is 9.87. The SMILES string of the molecule is COc1ccc(C(=O)CS(C)(=O)=O)c(N)c1. The van der Waals surface area contributed by atoms with Crippen LogP contribution in [0, 0.1) is 0 Å². The van der Waals surface area contributed by atoms with E-state index in [0.29, 0.717) is 5.75 Å². The molecule has 0 aliphatic carbocycles. The molecule has 1 aromatic rings. The Morgan fingerprint density at radius 1 is 1.44 bits per heavy atom. The van der Waals surface area contributed by atoms with Crippen molar-refractivity contribution in [3.63, 3.8) is 0 Å². The van der Waals surface area contributed by atoms with E-state index in [1.165, 1.54) is 19.2 Å². The van der Waals surface area contributed by atoms with Crippen molar-refractivity contribution in [1.29, 1.82) is 0 Å². The van der Waals surface area contributed by atoms with Crippen molar-refractivity contribution in [1.82, 2.24) is 0 Å². The van der Waals surface area contributed by atoms with Gasteiger partial charge in [0.25, 0.3) is 0 Å². The van der Waals surface area contributed by atoms with E-state index >= 15 is 0 Å². The van der Waals surface area contributed by atoms with E-state index in [-0.39, 0.29) is 11.3 Å². The number of nitrogens with two attached hydrogens (primary N) is 1. The highest BCUT2D eigenvalue weighted by Gasteiger charge is 2.15. The third-order valence-electron chi connectivity index (χ3n) is 1.95. The van der Waals surface area contributed by atoms with Crippen LogP contribution in [-0.4, -0.2) is 33.3 Å². The quantitative estimate of drug-likeness (QED) is 0.615. The van der Waals surface area contributed by atoms with Crippen molar-refractivity contribution < 1.29 is 17.9 Å². The van der Waals surface area contributed by atoms with Crippen molar-refractivity contribution in [3.05, 3.63) is 23.8 Å². The second-order valence-corrected chi connectivity index (χ2v) is 5.59. The van der Waals surface area contributed by atoms with Gasteiger partial charge >= 0.3 is 0 Å². The molecule has 1 rings (SSSR count). The zero-order chi connectivity index (χ0) is 12.3. The molecule has 0 aromatic heterocycles. The van der Waals surface area contributed by atoms with Crippen LogP contribution in [0.15, 0.2) is 18.2 Å². The Morgan fingerprint density at radius 3 is 2.50 bits per heavy atom. The highest BCUT2D eigenvalue weighted by Crippen LogP contribution is 2.20. The van der Waals surface area contributed by atoms with Crippen LogP contribution < -0.4 is 10.5 Å². The molecule has 5 nitrogen and oxygen atoms in total. The van der Waals surface area contributed by atoms with Crippen molar-refractivity contribution in [2.45, 2.75) is 0 Å². The summed E-state index contributed by atoms with van der Waals surface area (Å²) in [4.78, 5) is 11.6. The lowest BCUT2D eigenvalue weighted by Gasteiger charge is -2.06. The molecule has 0 atom stereocenters. The van der Waals surface area contributed by atoms with Crippen LogP contribution in [0.1, 0.15) is 10.4 Å². The highest BCUT2D eigenvalue weighted by molar-refractivity contribution is 7.91. The number of nitrogen functional groups attached to an aromatic ring is 1. The molecule has 0 aliphatic rings. The Kier molecular flexibility index (Phi) is 3.54. The number of anilines is 1. The van der Waals surface area contributed by atoms with E-state index in [9.17, 15) is 13.2 Å². The molecule has 0 fully saturated rings. The Balaban J connectivity index is 3.01. The molecule has 0 saturated carbocycles. The van der Waals surface area contributed by atoms with Gasteiger partial charge in [-0.15, -0.1) is 0 Å². The minimum absolute atomic E-state index is 0.200. The Hall–Kier alpha value is -1.56. The molecule has 88 valence electrons. The van der Waals surface area contributed by atoms with Gasteiger partial charge in [-0.25, -0.2) is 8.42 Å². The first-order valence-corrected chi connectivity index (χ1v) is 6.54. The smallest absolute Gasteiger partial charge is 0.179 e. The number of rotatable bonds is 4. The fourth-order valence-electron chi connectivity index (χ4n) is 1.24. The molecule has 16 heavy (non-hydrogen) atoms. The van der Waals surface area contributed by atoms with Crippen LogP contribution >= 0.6 is 0 Å². The summed E-state index contributed by atoms with van der Waals surface area (Å²) < 4.78 is 26.8. The van der Waals surface area contributed by atoms with Crippen LogP contribution in [-0.2, 0) is 9.84 Å². The molecule has 1 aromatic carbocycles. The lowest BCUT2D eigenvalue weighted by molar-refractivity contribution is 0.102. The van der Waals surface area contributed by atoms with E-state index in [1.54, 1.807) is 6.07 Å². The summed E-state index contributed by atoms with van der Waals surface area (Å²) in [5.41, 5.74) is 6.04. The number of methoxy groups -OCH3 is 1. The first kappa shape index (κ1) is 12.5. The van der Waals surface area contributed by atoms with E-state index in [0.717, 1.165) is 6.26 Å². The van der Waals surface area contributed by atoms with E-state index in [4.69, 9.17) is 10.5 Å². The van der Waals surface area contributed by atoms with E-state index in [1.807, 2.05) is 0 Å². The number of sulfone groups is 1. The van der Waals surface area contributed by atoms with Crippen LogP contribution in [0.2, 0.25) is 0 Å². The Morgan fingerprint density at radius 2 is 2.06 bits per heavy atom. The summed E-state index contributed by atoms with van der Waals surface area (Å²) in [5, 5.41) is 0. The fraction of sp³-hybridized carbons (Fsp3) is 0.300. The van der Waals surface area contributed by atoms with Gasteiger partial charge in [0.15, 0.2) is 15.6 Å². The zero-order valence-electron chi connectivity index (χ0n) is 9.06. The molecule has 0 amide bonds. The normalized spacial score (nSPS) is 11.1. The van der Waals surface area contributed by atoms with Crippen molar-refractivity contribution >= 4 is 21.3 Å². The molecular formula is C10H13NO4S. The number of hydrogen-bond donors (Lipinski definition) is 1. The maximum absolute atomic E-state index is 11.6. The van der Waals surface area contributed by atoms with Gasteiger partial charge in [0, 0.05) is 23.6 Å². The molecule has 6 heteroatoms. The summed E-state index contributed by atoms with van der Waals surface area (Å²) in [6.07, 6.45) is 1.00. The molecular weight excluding hydrogens is 230 g/mol. The summed E-state index contributed by atoms with van der Waals surface area (Å²) in [5.74, 6) is -0.528. The predicted molar refractivity (Wildman–Crippen MR) is 61.4 cm³/mol. The van der Waals surface area contributed by atoms with E-state index in [2.05, 4.69) is 0 Å². The number of carbonyl (C=O) groups is 1. The van der Waals surface area contributed by atoms with Crippen LogP contribution in [0.25, 0.3) is 0 Å². The van der Waals surface area contributed by atoms with Crippen molar-refractivity contribution in [2.24, 2.45) is 0 Å². The Labute approximate surface area is 94.1 Å². The number of Topliss-reactive ketones (excluding diaryl/α,β-unsaturated/α-hetero) is 1. The van der Waals surface area contributed by atoms with Gasteiger partial charge in [0.05, 0.1) is 7.11 Å². The van der Waals surface area contributed by atoms with Gasteiger partial charge in [0.1, 0.15) is 11.5 Å². The average Bonchev–Trinajstić information content (AvgIpc) is 2.14. The second-order valence-electron chi connectivity index (χ2n) is 3.45. The fourth-order valence-corrected chi connectivity index (χ4v) is 1.87. The first-order chi connectivity index (χ1) is 7.33. The van der Waals surface area contributed by atoms with Gasteiger partial charge in [-0.1, -0.05) is 0 Å². The number of benzene rings is 1. The number of ether oxygens (including phenoxy) is 1. The number of hydrogen-bond acceptors (Lipinski definition) is 5. The van der Waals surface area contributed by atoms with Gasteiger partial charge in [0.2, 0.25) is 0 Å². The van der Waals surface area contributed by atoms with Crippen LogP contribution in [0.3, 0.4) is 0 Å². The maximum Gasteiger partial charge on any atom is 0.179 e. The van der Waals surface area contributed by atoms with Gasteiger partial charge in [-0.05, 0) is 12.1 Å². The summed E-state index contributed by atoms with van der Waals surface area (Å²) in [7, 11) is -1.86. The second kappa shape index (κ2) is 4.52. The minimum Gasteiger partial charge on any atom is -0.497 e. The van der Waals surface area contributed by atoms with Crippen molar-refractivity contribution in [3.8, 4) is 5.75 Å². The van der Waals surface area contributed by atoms with Crippen LogP contribution in [0.5, 0.6) is 5.75 Å². The summed E-state index contributed by atoms with van der Waals surface area (Å²) in [6.45, 7) is 0. The molecule has 0 unspecified atom stereocenters. The third kappa shape index (κ3) is 3.23. The molecule has 0 spiro atoms. The monoisotopic (exact) mass is 243 g/mol. The third-order valence-corrected chi connectivity index (χ3v) is 2.74. The number of ketones is 1. The summed E-state index contributed by atoms with van der Waals surface area (Å²) >= 11 is 0. The topological polar surface area (TPSA) is 86.5 Å². The summed E-state index contributed by atoms with van der Waals surface area (Å²) in [6, 6.07) is 4.50. The van der Waals surface area contributed by atoms with Crippen LogP contribution in [0.4, 0.5) is 5.69 Å². The molecule has 0 heterocycles. The highest BCUT2D eigenvalue weighted by atomic mass is 32.2. The molecule has 0 aliphatic heterocycles. The predicted octanol–water partition coefficient (Wildman–Crippen LogP) is 0.505. The maximum atomic E-state index is 11.6. The standard InChI is InChI=1S/C10H13NO4S/c1-15-7-3-4-8(9(11)5-7)10(12)6-16(2,13)14/h3-5H,6,11H2,1-2H3. The van der Waals surface area contributed by atoms with Gasteiger partial charge < -0.3 is 10.5 Å². The van der Waals surface area contributed by atoms with Gasteiger partial charge in [-0.3, -0.25) is 4.79 Å². The number of carbonyl (C=O) groups excluding carboxylic acids is 1.